The molecule has 0 amide bonds. The molecule has 2 heteroatoms. The van der Waals surface area contributed by atoms with Crippen LogP contribution in [-0.2, 0) is 4.70 Å². The fraction of sp³-hybridized carbons (Fsp3) is 0.455. The molecule has 0 unspecified atom stereocenters. The van der Waals surface area contributed by atoms with E-state index in [2.05, 4.69) is 13.2 Å². The molecule has 1 nitrogen and oxygen atoms in total. The van der Waals surface area contributed by atoms with Gasteiger partial charge in [-0.2, -0.15) is 0 Å². The molecule has 0 saturated carbocycles. The van der Waals surface area contributed by atoms with Gasteiger partial charge in [0.25, 0.3) is 0 Å². The molecule has 0 spiro atoms. The Morgan fingerprint density at radius 2 is 1.54 bits per heavy atom. The number of allylic oxidation sites excluding steroid dienone is 4. The van der Waals surface area contributed by atoms with Crippen LogP contribution in [0.1, 0.15) is 33.6 Å². The van der Waals surface area contributed by atoms with Crippen molar-refractivity contribution in [2.75, 3.05) is 0 Å². The molecule has 0 aliphatic rings. The second-order valence-corrected chi connectivity index (χ2v) is 3.09. The van der Waals surface area contributed by atoms with E-state index in [1.807, 2.05) is 20.8 Å². The van der Waals surface area contributed by atoms with Crippen LogP contribution in [0.3, 0.4) is 0 Å². The first-order valence-corrected chi connectivity index (χ1v) is 4.60. The zero-order chi connectivity index (χ0) is 10.4. The Morgan fingerprint density at radius 3 is 1.77 bits per heavy atom. The van der Waals surface area contributed by atoms with E-state index < -0.39 is 0 Å². The summed E-state index contributed by atoms with van der Waals surface area (Å²) in [7, 11) is 0.872. The normalized spacial score (nSPS) is 8.85. The molecule has 70 valence electrons. The third-order valence-electron chi connectivity index (χ3n) is 2.13. The van der Waals surface area contributed by atoms with E-state index in [0.717, 1.165) is 42.2 Å². The van der Waals surface area contributed by atoms with Crippen LogP contribution < -0.4 is 0 Å². The summed E-state index contributed by atoms with van der Waals surface area (Å²) in [6, 6.07) is 0. The summed E-state index contributed by atoms with van der Waals surface area (Å²) in [6.45, 7) is 13.7. The Morgan fingerprint density at radius 1 is 1.15 bits per heavy atom. The van der Waals surface area contributed by atoms with Gasteiger partial charge in [0.15, 0.2) is 0 Å². The molecular formula is C11H17BO. The van der Waals surface area contributed by atoms with Gasteiger partial charge in [-0.1, -0.05) is 0 Å². The minimum atomic E-state index is 0.735. The van der Waals surface area contributed by atoms with Crippen LogP contribution in [0.5, 0.6) is 0 Å². The fourth-order valence-electron chi connectivity index (χ4n) is 1.22. The topological polar surface area (TPSA) is 17.1 Å². The van der Waals surface area contributed by atoms with Crippen molar-refractivity contribution >= 4 is 7.15 Å². The SMILES string of the molecule is C=C(CC)C(C(=C)CC)=C(C)B=O. The average Bonchev–Trinajstić information content (AvgIpc) is 2.16. The van der Waals surface area contributed by atoms with E-state index in [9.17, 15) is 4.70 Å². The van der Waals surface area contributed by atoms with E-state index in [1.54, 1.807) is 0 Å². The fourth-order valence-corrected chi connectivity index (χ4v) is 1.22. The summed E-state index contributed by atoms with van der Waals surface area (Å²) in [5.74, 6) is 0. The zero-order valence-corrected chi connectivity index (χ0v) is 8.81. The molecule has 0 bridgehead atoms. The molecule has 0 fully saturated rings. The van der Waals surface area contributed by atoms with Gasteiger partial charge in [-0.05, 0) is 0 Å². The van der Waals surface area contributed by atoms with Crippen molar-refractivity contribution in [2.45, 2.75) is 33.6 Å². The van der Waals surface area contributed by atoms with Crippen molar-refractivity contribution in [3.63, 3.8) is 0 Å². The predicted molar refractivity (Wildman–Crippen MR) is 58.0 cm³/mol. The predicted octanol–water partition coefficient (Wildman–Crippen LogP) is 3.24. The molecule has 0 aromatic heterocycles. The van der Waals surface area contributed by atoms with Crippen LogP contribution in [0.4, 0.5) is 0 Å². The van der Waals surface area contributed by atoms with Gasteiger partial charge < -0.3 is 0 Å². The van der Waals surface area contributed by atoms with Crippen molar-refractivity contribution in [1.82, 2.24) is 0 Å². The molecule has 0 rings (SSSR count). The second kappa shape index (κ2) is 5.68. The van der Waals surface area contributed by atoms with E-state index >= 15 is 0 Å². The third kappa shape index (κ3) is 3.13. The van der Waals surface area contributed by atoms with Gasteiger partial charge in [0.05, 0.1) is 0 Å². The van der Waals surface area contributed by atoms with E-state index in [1.165, 1.54) is 0 Å². The maximum absolute atomic E-state index is 10.6. The van der Waals surface area contributed by atoms with Crippen molar-refractivity contribution in [3.05, 3.63) is 35.3 Å². The molecule has 0 radical (unpaired) electrons. The zero-order valence-electron chi connectivity index (χ0n) is 8.81. The van der Waals surface area contributed by atoms with Gasteiger partial charge in [0.1, 0.15) is 0 Å². The Balaban J connectivity index is 5.09. The van der Waals surface area contributed by atoms with Crippen molar-refractivity contribution in [2.24, 2.45) is 0 Å². The summed E-state index contributed by atoms with van der Waals surface area (Å²) >= 11 is 0. The Bertz CT molecular complexity index is 243. The second-order valence-electron chi connectivity index (χ2n) is 3.09. The standard InChI is InChI=1S/C11H17BO/c1-6-8(3)11(9(4)7-2)10(5)12-13/h3-4,6-7H2,1-2,5H3. The monoisotopic (exact) mass is 176 g/mol. The number of hydrogen-bond acceptors (Lipinski definition) is 1. The summed E-state index contributed by atoms with van der Waals surface area (Å²) in [5, 5.41) is 0. The molecule has 0 aliphatic heterocycles. The first kappa shape index (κ1) is 12.1. The van der Waals surface area contributed by atoms with Crippen molar-refractivity contribution in [3.8, 4) is 0 Å². The number of hydrogen-bond donors (Lipinski definition) is 0. The van der Waals surface area contributed by atoms with Crippen LogP contribution >= 0.6 is 0 Å². The van der Waals surface area contributed by atoms with Crippen LogP contribution in [0, 0.1) is 0 Å². The summed E-state index contributed by atoms with van der Waals surface area (Å²) in [4.78, 5) is 0. The van der Waals surface area contributed by atoms with Crippen LogP contribution in [0.2, 0.25) is 0 Å². The third-order valence-corrected chi connectivity index (χ3v) is 2.13. The van der Waals surface area contributed by atoms with Gasteiger partial charge in [-0.3, -0.25) is 0 Å². The summed E-state index contributed by atoms with van der Waals surface area (Å²) < 4.78 is 10.6. The van der Waals surface area contributed by atoms with Crippen molar-refractivity contribution < 1.29 is 4.70 Å². The quantitative estimate of drug-likeness (QED) is 0.464. The molecule has 0 atom stereocenters. The molecule has 0 aromatic rings. The van der Waals surface area contributed by atoms with Crippen LogP contribution in [0.25, 0.3) is 0 Å². The van der Waals surface area contributed by atoms with E-state index in [4.69, 9.17) is 0 Å². The Hall–Kier alpha value is -0.915. The Labute approximate surface area is 81.5 Å². The molecular weight excluding hydrogens is 159 g/mol. The molecule has 0 aromatic carbocycles. The average molecular weight is 176 g/mol. The minimum absolute atomic E-state index is 0.735. The molecule has 0 heterocycles. The van der Waals surface area contributed by atoms with Crippen LogP contribution in [-0.4, -0.2) is 7.15 Å². The van der Waals surface area contributed by atoms with Gasteiger partial charge in [0.2, 0.25) is 0 Å². The number of rotatable bonds is 5. The molecule has 0 N–H and O–H groups in total. The molecule has 13 heavy (non-hydrogen) atoms. The Kier molecular flexibility index (Phi) is 5.28. The first-order chi connectivity index (χ1) is 6.08. The van der Waals surface area contributed by atoms with Crippen LogP contribution in [0.15, 0.2) is 35.3 Å². The molecule has 0 aliphatic carbocycles. The van der Waals surface area contributed by atoms with Gasteiger partial charge >= 0.3 is 80.8 Å². The molecule has 0 saturated heterocycles. The van der Waals surface area contributed by atoms with E-state index in [0.29, 0.717) is 0 Å². The maximum atomic E-state index is 10.6. The van der Waals surface area contributed by atoms with Gasteiger partial charge in [-0.15, -0.1) is 0 Å². The van der Waals surface area contributed by atoms with E-state index in [-0.39, 0.29) is 0 Å². The van der Waals surface area contributed by atoms with Crippen molar-refractivity contribution in [1.29, 1.82) is 0 Å². The first-order valence-electron chi connectivity index (χ1n) is 4.60. The van der Waals surface area contributed by atoms with Gasteiger partial charge in [-0.25, -0.2) is 0 Å². The van der Waals surface area contributed by atoms with Gasteiger partial charge in [0, 0.05) is 0 Å². The summed E-state index contributed by atoms with van der Waals surface area (Å²) in [6.07, 6.45) is 1.72. The summed E-state index contributed by atoms with van der Waals surface area (Å²) in [5.41, 5.74) is 3.69.